The molecule has 1 aromatic heterocycles. The van der Waals surface area contributed by atoms with Gasteiger partial charge in [-0.1, -0.05) is 41.4 Å². The number of rotatable bonds is 16. The summed E-state index contributed by atoms with van der Waals surface area (Å²) in [6.45, 7) is 13.6. The maximum absolute atomic E-state index is 13.2. The molecule has 4 aromatic carbocycles. The molecule has 60 heavy (non-hydrogen) atoms. The number of likely N-dealkylation sites (N-methyl/N-ethyl adjacent to an activating group) is 2. The monoisotopic (exact) mass is 940 g/mol. The minimum Gasteiger partial charge on any atom is -0.497 e. The van der Waals surface area contributed by atoms with Crippen molar-refractivity contribution in [2.45, 2.75) is 56.2 Å². The molecular weight excluding hydrogens is 888 g/mol. The predicted octanol–water partition coefficient (Wildman–Crippen LogP) is 8.07. The summed E-state index contributed by atoms with van der Waals surface area (Å²) in [4.78, 5) is 9.94. The molecule has 7 rings (SSSR count). The van der Waals surface area contributed by atoms with Crippen molar-refractivity contribution in [3.05, 3.63) is 93.9 Å². The van der Waals surface area contributed by atoms with Gasteiger partial charge in [-0.15, -0.1) is 10.2 Å². The Morgan fingerprint density at radius 3 is 1.80 bits per heavy atom. The molecule has 13 nitrogen and oxygen atoms in total. The van der Waals surface area contributed by atoms with Gasteiger partial charge in [0.15, 0.2) is 0 Å². The van der Waals surface area contributed by atoms with E-state index >= 15 is 0 Å². The fourth-order valence-corrected chi connectivity index (χ4v) is 10.8. The number of aryl methyl sites for hydroxylation is 1. The maximum atomic E-state index is 13.2. The van der Waals surface area contributed by atoms with Crippen molar-refractivity contribution in [3.8, 4) is 16.9 Å². The average Bonchev–Trinajstić information content (AvgIpc) is 3.98. The van der Waals surface area contributed by atoms with Crippen LogP contribution in [0.4, 0.5) is 11.6 Å². The van der Waals surface area contributed by atoms with Crippen molar-refractivity contribution in [1.29, 1.82) is 0 Å². The first-order valence-electron chi connectivity index (χ1n) is 20.4. The van der Waals surface area contributed by atoms with Crippen LogP contribution < -0.4 is 10.1 Å². The summed E-state index contributed by atoms with van der Waals surface area (Å²) in [6, 6.07) is 22.9. The Labute approximate surface area is 368 Å². The lowest BCUT2D eigenvalue weighted by Crippen LogP contribution is -2.37. The van der Waals surface area contributed by atoms with E-state index in [1.165, 1.54) is 25.7 Å². The molecule has 0 radical (unpaired) electrons. The van der Waals surface area contributed by atoms with E-state index in [-0.39, 0.29) is 4.90 Å². The number of nitrogens with zero attached hydrogens (tertiary/aromatic N) is 7. The van der Waals surface area contributed by atoms with E-state index in [4.69, 9.17) is 16.3 Å². The number of ether oxygens (including phenoxy) is 1. The highest BCUT2D eigenvalue weighted by Gasteiger charge is 2.26. The van der Waals surface area contributed by atoms with Gasteiger partial charge in [-0.25, -0.2) is 21.8 Å². The van der Waals surface area contributed by atoms with Crippen LogP contribution in [0.25, 0.3) is 22.2 Å². The predicted molar refractivity (Wildman–Crippen MR) is 243 cm³/mol. The van der Waals surface area contributed by atoms with Gasteiger partial charge in [-0.3, -0.25) is 0 Å². The highest BCUT2D eigenvalue weighted by molar-refractivity contribution is 9.10. The zero-order chi connectivity index (χ0) is 42.9. The average molecular weight is 942 g/mol. The lowest BCUT2D eigenvalue weighted by atomic mass is 10.0. The SMILES string of the molecule is CCN(CCN1CCCC1)S(=O)(=O)c1ccc(Br)cc1.CCN(CCN1CCCC1)S(=O)(=O)c1ccc(Nc2nnc3cc(-c4cc(OC)ccc4Cl)cc(C)c3n2)cc1. The van der Waals surface area contributed by atoms with Gasteiger partial charge in [0.2, 0.25) is 26.0 Å². The summed E-state index contributed by atoms with van der Waals surface area (Å²) in [5.41, 5.74) is 4.65. The number of sulfonamides is 2. The highest BCUT2D eigenvalue weighted by Crippen LogP contribution is 2.34. The zero-order valence-corrected chi connectivity index (χ0v) is 38.6. The third kappa shape index (κ3) is 11.4. The zero-order valence-electron chi connectivity index (χ0n) is 34.6. The van der Waals surface area contributed by atoms with Gasteiger partial charge >= 0.3 is 0 Å². The fraction of sp³-hybridized carbons (Fsp3) is 0.419. The molecule has 3 heterocycles. The first-order chi connectivity index (χ1) is 28.8. The summed E-state index contributed by atoms with van der Waals surface area (Å²) in [5, 5.41) is 12.4. The minimum atomic E-state index is -3.58. The summed E-state index contributed by atoms with van der Waals surface area (Å²) in [5.74, 6) is 1.03. The van der Waals surface area contributed by atoms with E-state index in [1.54, 1.807) is 70.3 Å². The van der Waals surface area contributed by atoms with Gasteiger partial charge in [0.05, 0.1) is 22.4 Å². The molecule has 2 aliphatic heterocycles. The Morgan fingerprint density at radius 2 is 1.28 bits per heavy atom. The van der Waals surface area contributed by atoms with E-state index in [2.05, 4.69) is 46.2 Å². The van der Waals surface area contributed by atoms with Crippen LogP contribution in [0.15, 0.2) is 93.1 Å². The van der Waals surface area contributed by atoms with Crippen LogP contribution >= 0.6 is 27.5 Å². The number of aromatic nitrogens is 3. The van der Waals surface area contributed by atoms with E-state index in [0.717, 1.165) is 60.4 Å². The molecule has 5 aromatic rings. The Morgan fingerprint density at radius 1 is 0.750 bits per heavy atom. The van der Waals surface area contributed by atoms with Crippen LogP contribution in [0.5, 0.6) is 5.75 Å². The van der Waals surface area contributed by atoms with E-state index in [9.17, 15) is 16.8 Å². The van der Waals surface area contributed by atoms with Crippen LogP contribution in [-0.4, -0.2) is 123 Å². The standard InChI is InChI=1S/C29H33ClN6O3S.C14H21BrN2O2S/c1-4-36(16-15-35-13-5-6-14-35)40(37,38)24-10-7-22(8-11-24)31-29-32-28-20(2)17-21(18-27(28)33-34-29)25-19-23(39-3)9-12-26(25)30;1-2-17(12-11-16-9-3-4-10-16)20(18,19)14-7-5-13(15)6-8-14/h7-12,17-19H,4-6,13-16H2,1-3H3,(H,31,32,34);5-8H,2-4,9-12H2,1H3. The van der Waals surface area contributed by atoms with Crippen LogP contribution in [-0.2, 0) is 20.0 Å². The molecule has 0 unspecified atom stereocenters. The molecular formula is C43H54BrClN8O5S2. The molecule has 2 saturated heterocycles. The van der Waals surface area contributed by atoms with Crippen molar-refractivity contribution in [1.82, 2.24) is 33.6 Å². The number of fused-ring (bicyclic) bond motifs is 1. The molecule has 1 N–H and O–H groups in total. The summed E-state index contributed by atoms with van der Waals surface area (Å²) < 4.78 is 61.0. The van der Waals surface area contributed by atoms with Gasteiger partial charge in [0, 0.05) is 60.0 Å². The van der Waals surface area contributed by atoms with Crippen LogP contribution in [0, 0.1) is 6.92 Å². The quantitative estimate of drug-likeness (QED) is 0.103. The molecule has 0 atom stereocenters. The number of methoxy groups -OCH3 is 1. The number of hydrogen-bond acceptors (Lipinski definition) is 11. The van der Waals surface area contributed by atoms with Crippen molar-refractivity contribution in [2.75, 3.05) is 77.9 Å². The normalized spacial score (nSPS) is 15.1. The van der Waals surface area contributed by atoms with Crippen LogP contribution in [0.2, 0.25) is 5.02 Å². The third-order valence-electron chi connectivity index (χ3n) is 10.9. The Hall–Kier alpha value is -3.74. The summed E-state index contributed by atoms with van der Waals surface area (Å²) >= 11 is 9.78. The van der Waals surface area contributed by atoms with E-state index in [0.29, 0.717) is 64.5 Å². The maximum Gasteiger partial charge on any atom is 0.247 e. The van der Waals surface area contributed by atoms with Crippen LogP contribution in [0.3, 0.4) is 0 Å². The topological polar surface area (TPSA) is 141 Å². The van der Waals surface area contributed by atoms with Gasteiger partial charge in [-0.2, -0.15) is 8.61 Å². The largest absolute Gasteiger partial charge is 0.497 e. The minimum absolute atomic E-state index is 0.262. The van der Waals surface area contributed by atoms with E-state index < -0.39 is 20.0 Å². The molecule has 17 heteroatoms. The molecule has 0 aliphatic carbocycles. The van der Waals surface area contributed by atoms with Gasteiger partial charge in [-0.05, 0) is 149 Å². The molecule has 2 fully saturated rings. The smallest absolute Gasteiger partial charge is 0.247 e. The van der Waals surface area contributed by atoms with E-state index in [1.807, 2.05) is 45.0 Å². The number of nitrogens with one attached hydrogen (secondary N) is 1. The molecule has 0 bridgehead atoms. The van der Waals surface area contributed by atoms with Crippen LogP contribution in [0.1, 0.15) is 45.1 Å². The van der Waals surface area contributed by atoms with Gasteiger partial charge in [0.25, 0.3) is 0 Å². The third-order valence-corrected chi connectivity index (χ3v) is 15.7. The molecule has 2 aliphatic rings. The highest BCUT2D eigenvalue weighted by atomic mass is 79.9. The van der Waals surface area contributed by atoms with Crippen molar-refractivity contribution >= 4 is 70.2 Å². The molecule has 0 spiro atoms. The Bertz CT molecular complexity index is 2430. The number of hydrogen-bond donors (Lipinski definition) is 1. The number of halogens is 2. The molecule has 0 amide bonds. The number of anilines is 2. The number of benzene rings is 4. The van der Waals surface area contributed by atoms with Crippen molar-refractivity contribution in [3.63, 3.8) is 0 Å². The fourth-order valence-electron chi connectivity index (χ4n) is 7.43. The second-order valence-electron chi connectivity index (χ2n) is 14.8. The first-order valence-corrected chi connectivity index (χ1v) is 24.4. The van der Waals surface area contributed by atoms with Gasteiger partial charge in [0.1, 0.15) is 11.3 Å². The summed E-state index contributed by atoms with van der Waals surface area (Å²) in [6.07, 6.45) is 4.82. The lowest BCUT2D eigenvalue weighted by Gasteiger charge is -2.23. The van der Waals surface area contributed by atoms with Crippen molar-refractivity contribution in [2.24, 2.45) is 0 Å². The second kappa shape index (κ2) is 20.9. The summed E-state index contributed by atoms with van der Waals surface area (Å²) in [7, 11) is -5.34. The molecule has 322 valence electrons. The second-order valence-corrected chi connectivity index (χ2v) is 20.0. The van der Waals surface area contributed by atoms with Gasteiger partial charge < -0.3 is 19.9 Å². The number of likely N-dealkylation sites (tertiary alicyclic amines) is 2. The lowest BCUT2D eigenvalue weighted by molar-refractivity contribution is 0.299. The first kappa shape index (κ1) is 45.8. The Kier molecular flexibility index (Phi) is 15.9. The molecule has 0 saturated carbocycles. The Balaban J connectivity index is 0.000000253. The van der Waals surface area contributed by atoms with Crippen molar-refractivity contribution < 1.29 is 21.6 Å².